The highest BCUT2D eigenvalue weighted by atomic mass is 32.2. The first-order valence-corrected chi connectivity index (χ1v) is 29.3. The van der Waals surface area contributed by atoms with Gasteiger partial charge in [0.2, 0.25) is 0 Å². The second-order valence-corrected chi connectivity index (χ2v) is 20.9. The molecule has 0 bridgehead atoms. The minimum atomic E-state index is -2.53. The summed E-state index contributed by atoms with van der Waals surface area (Å²) in [4.78, 5) is 12.5. The summed E-state index contributed by atoms with van der Waals surface area (Å²) in [6, 6.07) is 37.6. The lowest BCUT2D eigenvalue weighted by Crippen LogP contribution is -2.10. The molecule has 75 heavy (non-hydrogen) atoms. The normalized spacial score (nSPS) is 11.7. The Morgan fingerprint density at radius 1 is 0.507 bits per heavy atom. The molecule has 0 amide bonds. The molecule has 6 aromatic carbocycles. The lowest BCUT2D eigenvalue weighted by Gasteiger charge is -2.20. The molecule has 6 rings (SSSR count). The minimum Gasteiger partial charge on any atom is -0.755 e. The Labute approximate surface area is 466 Å². The number of rotatable bonds is 27. The first-order chi connectivity index (χ1) is 36.0. The summed E-state index contributed by atoms with van der Waals surface area (Å²) < 4.78 is 92.4. The summed E-state index contributed by atoms with van der Waals surface area (Å²) in [6.07, 6.45) is 5.99. The maximum Gasteiger partial charge on any atom is 0.174 e. The van der Waals surface area contributed by atoms with Crippen LogP contribution in [0.1, 0.15) is 87.7 Å². The third-order valence-electron chi connectivity index (χ3n) is 10.3. The van der Waals surface area contributed by atoms with Gasteiger partial charge in [0.1, 0.15) is 22.7 Å². The quantitative estimate of drug-likeness (QED) is 0.00634. The number of para-hydroxylation sites is 3. The molecule has 6 aromatic rings. The van der Waals surface area contributed by atoms with Crippen LogP contribution in [0.5, 0.6) is 34.5 Å². The number of ether oxygens (including phenoxy) is 3. The number of carbonyl (C=O) groups is 1. The van der Waals surface area contributed by atoms with Crippen LogP contribution in [0.2, 0.25) is 0 Å². The van der Waals surface area contributed by atoms with Gasteiger partial charge in [0.15, 0.2) is 17.2 Å². The zero-order valence-electron chi connectivity index (χ0n) is 42.1. The van der Waals surface area contributed by atoms with E-state index in [0.717, 1.165) is 57.2 Å². The molecular formula is C52H61N6O10S6Si-3. The highest BCUT2D eigenvalue weighted by molar-refractivity contribution is 8.11. The highest BCUT2D eigenvalue weighted by Crippen LogP contribution is 2.42. The molecular weight excluding hydrogens is 1090 g/mol. The van der Waals surface area contributed by atoms with E-state index in [4.69, 9.17) is 38.6 Å². The predicted molar refractivity (Wildman–Crippen MR) is 319 cm³/mol. The van der Waals surface area contributed by atoms with Crippen molar-refractivity contribution in [3.63, 3.8) is 0 Å². The van der Waals surface area contributed by atoms with Crippen molar-refractivity contribution in [1.82, 2.24) is 0 Å². The van der Waals surface area contributed by atoms with Gasteiger partial charge < -0.3 is 62.8 Å². The van der Waals surface area contributed by atoms with Crippen LogP contribution in [0.4, 0.5) is 34.1 Å². The molecule has 0 radical (unpaired) electrons. The topological polar surface area (TPSA) is 237 Å². The van der Waals surface area contributed by atoms with Crippen LogP contribution in [0.15, 0.2) is 127 Å². The molecule has 0 fully saturated rings. The van der Waals surface area contributed by atoms with Gasteiger partial charge in [-0.1, -0.05) is 119 Å². The highest BCUT2D eigenvalue weighted by Gasteiger charge is 2.18. The molecule has 0 aliphatic carbocycles. The maximum absolute atomic E-state index is 11.8. The predicted octanol–water partition coefficient (Wildman–Crippen LogP) is 11.5. The van der Waals surface area contributed by atoms with E-state index < -0.39 is 33.8 Å². The molecule has 0 aliphatic rings. The third-order valence-corrected chi connectivity index (χ3v) is 12.8. The van der Waals surface area contributed by atoms with Crippen molar-refractivity contribution in [2.75, 3.05) is 49.8 Å². The van der Waals surface area contributed by atoms with Gasteiger partial charge >= 0.3 is 0 Å². The van der Waals surface area contributed by atoms with E-state index in [9.17, 15) is 31.1 Å². The summed E-state index contributed by atoms with van der Waals surface area (Å²) >= 11 is 7.07. The zero-order chi connectivity index (χ0) is 54.7. The molecule has 16 nitrogen and oxygen atoms in total. The van der Waals surface area contributed by atoms with Gasteiger partial charge in [-0.3, -0.25) is 12.6 Å². The van der Waals surface area contributed by atoms with Crippen molar-refractivity contribution < 1.29 is 45.3 Å². The van der Waals surface area contributed by atoms with Crippen LogP contribution >= 0.6 is 37.1 Å². The standard InChI is InChI=1S/C18H22N2O3S2.C17H22N2O4SSi.C17H20N2O3S3/c1-3-4-10-19-16-11-14(13(2)24)12-17(20-25(21)22)18(16)23-15-8-6-5-7-9-15;1-2-3-9-18-14-10-12(17(20)25)11-15(19-24(21)22)16(14)23-13-7-5-4-6-8-13;1-2-3-9-18-14-10-12(17(23)24)11-15(19-25(20)21)16(14)22-13-7-5-4-6-8-13/h5-9,11-12,19-20H,3-4,10H2,1-2H3,(H,21,22);4-8,10-11,18-19H,2-3,9H2,1,25H3,(H,21,22);4-8,10-11,18-19H,2-3,9H2,1H3,(H,20,21)(H,23,24)/p-3. The molecule has 3 unspecified atom stereocenters. The summed E-state index contributed by atoms with van der Waals surface area (Å²) in [5.74, 6) is 2.95. The van der Waals surface area contributed by atoms with Gasteiger partial charge in [-0.25, -0.2) is 0 Å². The van der Waals surface area contributed by atoms with Gasteiger partial charge in [-0.15, -0.1) is 12.6 Å². The fourth-order valence-electron chi connectivity index (χ4n) is 6.66. The molecule has 3 atom stereocenters. The molecule has 0 aromatic heterocycles. The lowest BCUT2D eigenvalue weighted by atomic mass is 10.1. The van der Waals surface area contributed by atoms with E-state index in [1.807, 2.05) is 78.9 Å². The summed E-state index contributed by atoms with van der Waals surface area (Å²) in [5, 5.41) is 9.82. The molecule has 0 heterocycles. The number of hydrogen-bond acceptors (Lipinski definition) is 15. The monoisotopic (exact) mass is 1150 g/mol. The van der Waals surface area contributed by atoms with Crippen LogP contribution in [-0.4, -0.2) is 70.6 Å². The number of thiocarbonyl (C=S) groups is 2. The molecule has 0 aliphatic heterocycles. The Balaban J connectivity index is 0.000000243. The van der Waals surface area contributed by atoms with Crippen LogP contribution in [-0.2, 0) is 33.8 Å². The Hall–Kier alpha value is -5.73. The maximum atomic E-state index is 11.8. The van der Waals surface area contributed by atoms with Gasteiger partial charge in [0, 0.05) is 69.4 Å². The smallest absolute Gasteiger partial charge is 0.174 e. The van der Waals surface area contributed by atoms with E-state index in [2.05, 4.69) is 63.5 Å². The first-order valence-electron chi connectivity index (χ1n) is 23.8. The fraction of sp³-hybridized carbons (Fsp3) is 0.250. The van der Waals surface area contributed by atoms with Crippen molar-refractivity contribution in [3.05, 3.63) is 144 Å². The number of thiol groups is 1. The first kappa shape index (κ1) is 61.8. The Bertz CT molecular complexity index is 2570. The fourth-order valence-corrected chi connectivity index (χ4v) is 8.30. The molecule has 23 heteroatoms. The van der Waals surface area contributed by atoms with Gasteiger partial charge in [0.25, 0.3) is 0 Å². The third kappa shape index (κ3) is 21.8. The molecule has 402 valence electrons. The number of benzene rings is 6. The Kier molecular flexibility index (Phi) is 27.5. The average Bonchev–Trinajstić information content (AvgIpc) is 3.37. The van der Waals surface area contributed by atoms with Crippen LogP contribution in [0, 0.1) is 0 Å². The van der Waals surface area contributed by atoms with Crippen LogP contribution in [0.3, 0.4) is 0 Å². The van der Waals surface area contributed by atoms with Crippen molar-refractivity contribution >= 4 is 130 Å². The van der Waals surface area contributed by atoms with Crippen molar-refractivity contribution in [1.29, 1.82) is 0 Å². The van der Waals surface area contributed by atoms with E-state index in [0.29, 0.717) is 99.9 Å². The van der Waals surface area contributed by atoms with Crippen LogP contribution < -0.4 is 44.3 Å². The second-order valence-electron chi connectivity index (χ2n) is 16.2. The van der Waals surface area contributed by atoms with Gasteiger partial charge in [-0.2, -0.15) is 0 Å². The van der Waals surface area contributed by atoms with Crippen molar-refractivity contribution in [3.8, 4) is 34.5 Å². The number of carbonyl (C=O) groups excluding carboxylic acids is 1. The van der Waals surface area contributed by atoms with Crippen molar-refractivity contribution in [2.45, 2.75) is 66.2 Å². The van der Waals surface area contributed by atoms with Gasteiger partial charge in [0.05, 0.1) is 48.6 Å². The number of nitrogens with one attached hydrogen (secondary N) is 6. The average molecular weight is 1150 g/mol. The summed E-state index contributed by atoms with van der Waals surface area (Å²) in [7, 11) is 0.343. The van der Waals surface area contributed by atoms with Gasteiger partial charge in [-0.05, 0) is 105 Å². The van der Waals surface area contributed by atoms with Crippen molar-refractivity contribution in [2.24, 2.45) is 0 Å². The Morgan fingerprint density at radius 2 is 0.787 bits per heavy atom. The molecule has 0 spiro atoms. The summed E-state index contributed by atoms with van der Waals surface area (Å²) in [5.41, 5.74) is 4.67. The Morgan fingerprint density at radius 3 is 1.07 bits per heavy atom. The molecule has 0 saturated carbocycles. The SMILES string of the molecule is CCCCNc1cc(C(=O)[SiH3])cc(NS(=O)[O-])c1Oc1ccccc1.CCCCNc1cc(C(=S)S)cc(NS(=O)[O-])c1Oc1ccccc1.CCCCNc1cc(C(C)=S)cc(NS(=O)[O-])c1Oc1ccccc1. The number of hydrogen-bond donors (Lipinski definition) is 7. The number of unbranched alkanes of at least 4 members (excludes halogenated alkanes) is 3. The zero-order valence-corrected chi connectivity index (χ0v) is 49.0. The minimum absolute atomic E-state index is 0.0236. The van der Waals surface area contributed by atoms with E-state index >= 15 is 0 Å². The van der Waals surface area contributed by atoms with E-state index in [1.54, 1.807) is 49.4 Å². The molecule has 0 saturated heterocycles. The van der Waals surface area contributed by atoms with E-state index in [-0.39, 0.29) is 11.1 Å². The van der Waals surface area contributed by atoms with E-state index in [1.165, 1.54) is 6.07 Å². The number of anilines is 6. The van der Waals surface area contributed by atoms with Crippen LogP contribution in [0.25, 0.3) is 0 Å². The lowest BCUT2D eigenvalue weighted by molar-refractivity contribution is 0.108. The largest absolute Gasteiger partial charge is 0.755 e. The second kappa shape index (κ2) is 33.3. The molecule has 6 N–H and O–H groups in total. The summed E-state index contributed by atoms with van der Waals surface area (Å²) in [6.45, 7) is 10.3.